The van der Waals surface area contributed by atoms with Crippen molar-refractivity contribution >= 4 is 22.6 Å². The molecule has 0 saturated heterocycles. The van der Waals surface area contributed by atoms with Crippen molar-refractivity contribution < 1.29 is 14.6 Å². The van der Waals surface area contributed by atoms with E-state index in [0.29, 0.717) is 5.56 Å². The first kappa shape index (κ1) is 17.6. The maximum Gasteiger partial charge on any atom is 0.340 e. The molecular weight excluding hydrogens is 362 g/mol. The number of hydrogen-bond donors (Lipinski definition) is 2. The average molecular weight is 379 g/mol. The quantitative estimate of drug-likeness (QED) is 0.660. The lowest BCUT2D eigenvalue weighted by Gasteiger charge is -2.18. The summed E-state index contributed by atoms with van der Waals surface area (Å²) in [5.74, 6) is -0.832. The predicted octanol–water partition coefficient (Wildman–Crippen LogP) is 1.16. The maximum absolute atomic E-state index is 13.2. The highest BCUT2D eigenvalue weighted by atomic mass is 16.5. The molecule has 2 heterocycles. The van der Waals surface area contributed by atoms with Crippen LogP contribution in [0.5, 0.6) is 5.75 Å². The lowest BCUT2D eigenvalue weighted by atomic mass is 9.99. The Labute approximate surface area is 158 Å². The van der Waals surface area contributed by atoms with Crippen molar-refractivity contribution in [2.75, 3.05) is 6.61 Å². The van der Waals surface area contributed by atoms with Crippen LogP contribution in [0.15, 0.2) is 63.7 Å². The lowest BCUT2D eigenvalue weighted by molar-refractivity contribution is -0.138. The summed E-state index contributed by atoms with van der Waals surface area (Å²) >= 11 is 0. The Hall–Kier alpha value is -3.81. The number of aromatic nitrogens is 2. The molecule has 1 aromatic heterocycles. The number of carbonyl (C=O) groups is 1. The fourth-order valence-corrected chi connectivity index (χ4v) is 3.51. The molecule has 0 fully saturated rings. The first-order valence-corrected chi connectivity index (χ1v) is 8.68. The number of rotatable bonds is 3. The first-order valence-electron chi connectivity index (χ1n) is 8.68. The van der Waals surface area contributed by atoms with Crippen LogP contribution in [0.25, 0.3) is 16.6 Å². The number of carbonyl (C=O) groups excluding carboxylic acids is 1. The number of esters is 1. The minimum atomic E-state index is -0.954. The molecule has 0 radical (unpaired) electrons. The molecule has 1 atom stereocenters. The van der Waals surface area contributed by atoms with Gasteiger partial charge in [-0.05, 0) is 36.8 Å². The van der Waals surface area contributed by atoms with Crippen molar-refractivity contribution in [3.63, 3.8) is 0 Å². The molecule has 28 heavy (non-hydrogen) atoms. The molecule has 142 valence electrons. The third kappa shape index (κ3) is 2.42. The number of aromatic hydroxyl groups is 1. The Bertz CT molecular complexity index is 1250. The van der Waals surface area contributed by atoms with Gasteiger partial charge in [0, 0.05) is 0 Å². The third-order valence-electron chi connectivity index (χ3n) is 4.73. The van der Waals surface area contributed by atoms with Gasteiger partial charge in [0.25, 0.3) is 11.1 Å². The normalized spacial score (nSPS) is 15.7. The second-order valence-electron chi connectivity index (χ2n) is 6.33. The Kier molecular flexibility index (Phi) is 4.03. The van der Waals surface area contributed by atoms with Crippen molar-refractivity contribution in [3.05, 3.63) is 80.4 Å². The van der Waals surface area contributed by atoms with E-state index >= 15 is 0 Å². The fraction of sp³-hybridized carbons (Fsp3) is 0.150. The summed E-state index contributed by atoms with van der Waals surface area (Å²) in [6.45, 7) is 1.76. The summed E-state index contributed by atoms with van der Waals surface area (Å²) in [6, 6.07) is 11.4. The van der Waals surface area contributed by atoms with Gasteiger partial charge in [-0.15, -0.1) is 0 Å². The lowest BCUT2D eigenvalue weighted by Crippen LogP contribution is -2.38. The van der Waals surface area contributed by atoms with Gasteiger partial charge < -0.3 is 15.6 Å². The summed E-state index contributed by atoms with van der Waals surface area (Å²) < 4.78 is 7.31. The van der Waals surface area contributed by atoms with Gasteiger partial charge in [-0.2, -0.15) is 4.68 Å². The van der Waals surface area contributed by atoms with Crippen LogP contribution in [0.3, 0.4) is 0 Å². The van der Waals surface area contributed by atoms with Crippen molar-refractivity contribution in [1.29, 1.82) is 0 Å². The average Bonchev–Trinajstić information content (AvgIpc) is 3.00. The Morgan fingerprint density at radius 1 is 1.07 bits per heavy atom. The van der Waals surface area contributed by atoms with Gasteiger partial charge in [0.1, 0.15) is 23.2 Å². The molecule has 1 aliphatic rings. The van der Waals surface area contributed by atoms with Crippen molar-refractivity contribution in [3.8, 4) is 5.75 Å². The standard InChI is InChI=1S/C20H17N3O5/c1-2-28-20(27)15-16(11-7-9-12(24)10-8-11)22-18(25)13-5-3-4-6-14(13)19(26)23(22)17(15)21/h3-10,16,24H,2,21H2,1H3. The van der Waals surface area contributed by atoms with E-state index in [4.69, 9.17) is 10.5 Å². The largest absolute Gasteiger partial charge is 0.508 e. The Morgan fingerprint density at radius 3 is 2.29 bits per heavy atom. The number of hydrogen-bond acceptors (Lipinski definition) is 6. The van der Waals surface area contributed by atoms with Gasteiger partial charge >= 0.3 is 5.97 Å². The SMILES string of the molecule is CCOC(=O)C1=C(N)n2c(=O)c3ccccc3c(=O)n2C1c1ccc(O)cc1. The second-order valence-corrected chi connectivity index (χ2v) is 6.33. The van der Waals surface area contributed by atoms with E-state index in [0.717, 1.165) is 4.68 Å². The zero-order valence-corrected chi connectivity index (χ0v) is 15.0. The van der Waals surface area contributed by atoms with Gasteiger partial charge in [0.15, 0.2) is 0 Å². The number of benzene rings is 2. The molecule has 8 heteroatoms. The molecule has 0 aliphatic carbocycles. The minimum absolute atomic E-state index is 0.00189. The van der Waals surface area contributed by atoms with Gasteiger partial charge in [0.05, 0.1) is 17.4 Å². The number of phenolic OH excluding ortho intramolecular Hbond substituents is 1. The van der Waals surface area contributed by atoms with E-state index in [-0.39, 0.29) is 34.5 Å². The molecule has 8 nitrogen and oxygen atoms in total. The molecule has 4 rings (SSSR count). The van der Waals surface area contributed by atoms with Crippen LogP contribution >= 0.6 is 0 Å². The monoisotopic (exact) mass is 379 g/mol. The van der Waals surface area contributed by atoms with Crippen molar-refractivity contribution in [2.24, 2.45) is 5.73 Å². The molecule has 0 bridgehead atoms. The summed E-state index contributed by atoms with van der Waals surface area (Å²) in [5.41, 5.74) is 5.71. The highest BCUT2D eigenvalue weighted by molar-refractivity contribution is 5.97. The molecule has 2 aromatic carbocycles. The fourth-order valence-electron chi connectivity index (χ4n) is 3.51. The second kappa shape index (κ2) is 6.41. The molecule has 3 aromatic rings. The zero-order valence-electron chi connectivity index (χ0n) is 15.0. The van der Waals surface area contributed by atoms with E-state index in [9.17, 15) is 19.5 Å². The van der Waals surface area contributed by atoms with E-state index < -0.39 is 23.1 Å². The smallest absolute Gasteiger partial charge is 0.340 e. The van der Waals surface area contributed by atoms with E-state index in [1.165, 1.54) is 22.9 Å². The Balaban J connectivity index is 2.10. The van der Waals surface area contributed by atoms with Crippen molar-refractivity contribution in [2.45, 2.75) is 13.0 Å². The van der Waals surface area contributed by atoms with Gasteiger partial charge in [0.2, 0.25) is 0 Å². The van der Waals surface area contributed by atoms with E-state index in [1.807, 2.05) is 0 Å². The van der Waals surface area contributed by atoms with Crippen LogP contribution in [-0.4, -0.2) is 27.0 Å². The van der Waals surface area contributed by atoms with Gasteiger partial charge in [-0.1, -0.05) is 24.3 Å². The summed E-state index contributed by atoms with van der Waals surface area (Å²) in [7, 11) is 0. The van der Waals surface area contributed by atoms with E-state index in [2.05, 4.69) is 0 Å². The molecule has 0 saturated carbocycles. The molecule has 0 amide bonds. The summed E-state index contributed by atoms with van der Waals surface area (Å²) in [6.07, 6.45) is 0. The van der Waals surface area contributed by atoms with Crippen LogP contribution in [0.1, 0.15) is 18.5 Å². The highest BCUT2D eigenvalue weighted by Gasteiger charge is 2.38. The Morgan fingerprint density at radius 2 is 1.68 bits per heavy atom. The highest BCUT2D eigenvalue weighted by Crippen LogP contribution is 2.34. The zero-order chi connectivity index (χ0) is 20.0. The number of phenols is 1. The van der Waals surface area contributed by atoms with Crippen LogP contribution < -0.4 is 16.9 Å². The number of ether oxygens (including phenoxy) is 1. The molecule has 3 N–H and O–H groups in total. The molecular formula is C20H17N3O5. The van der Waals surface area contributed by atoms with E-state index in [1.54, 1.807) is 37.3 Å². The van der Waals surface area contributed by atoms with Crippen LogP contribution in [-0.2, 0) is 9.53 Å². The molecule has 0 spiro atoms. The van der Waals surface area contributed by atoms with Crippen molar-refractivity contribution in [1.82, 2.24) is 9.36 Å². The number of nitrogens with two attached hydrogens (primary N) is 1. The minimum Gasteiger partial charge on any atom is -0.508 e. The third-order valence-corrected chi connectivity index (χ3v) is 4.73. The maximum atomic E-state index is 13.2. The van der Waals surface area contributed by atoms with Crippen LogP contribution in [0.2, 0.25) is 0 Å². The van der Waals surface area contributed by atoms with Crippen LogP contribution in [0, 0.1) is 0 Å². The first-order chi connectivity index (χ1) is 13.5. The van der Waals surface area contributed by atoms with Crippen LogP contribution in [0.4, 0.5) is 0 Å². The number of nitrogens with zero attached hydrogens (tertiary/aromatic N) is 2. The topological polar surface area (TPSA) is 117 Å². The number of fused-ring (bicyclic) bond motifs is 2. The molecule has 1 aliphatic heterocycles. The molecule has 1 unspecified atom stereocenters. The summed E-state index contributed by atoms with van der Waals surface area (Å²) in [5, 5.41) is 10.0. The predicted molar refractivity (Wildman–Crippen MR) is 103 cm³/mol. The van der Waals surface area contributed by atoms with Gasteiger partial charge in [-0.3, -0.25) is 9.59 Å². The van der Waals surface area contributed by atoms with Gasteiger partial charge in [-0.25, -0.2) is 9.48 Å². The summed E-state index contributed by atoms with van der Waals surface area (Å²) in [4.78, 5) is 38.9.